The lowest BCUT2D eigenvalue weighted by Crippen LogP contribution is -2.57. The molecule has 0 spiro atoms. The molecule has 122 valence electrons. The molecule has 0 saturated heterocycles. The zero-order valence-electron chi connectivity index (χ0n) is 14.4. The van der Waals surface area contributed by atoms with Gasteiger partial charge >= 0.3 is 0 Å². The summed E-state index contributed by atoms with van der Waals surface area (Å²) in [5, 5.41) is 10.9. The van der Waals surface area contributed by atoms with Crippen molar-refractivity contribution in [3.8, 4) is 12.3 Å². The number of terminal acetylenes is 1. The van der Waals surface area contributed by atoms with Gasteiger partial charge in [0.2, 0.25) is 0 Å². The second kappa shape index (κ2) is 5.01. The fourth-order valence-corrected chi connectivity index (χ4v) is 7.59. The average Bonchev–Trinajstić information content (AvgIpc) is 2.85. The van der Waals surface area contributed by atoms with E-state index in [1.807, 2.05) is 0 Å². The zero-order valence-corrected chi connectivity index (χ0v) is 14.4. The Morgan fingerprint density at radius 3 is 2.55 bits per heavy atom. The van der Waals surface area contributed by atoms with Gasteiger partial charge in [0, 0.05) is 5.92 Å². The van der Waals surface area contributed by atoms with Crippen molar-refractivity contribution in [3.63, 3.8) is 0 Å². The van der Waals surface area contributed by atoms with Gasteiger partial charge in [-0.3, -0.25) is 0 Å². The van der Waals surface area contributed by atoms with Crippen LogP contribution in [0.5, 0.6) is 0 Å². The maximum atomic E-state index is 10.9. The number of hydrogen-bond acceptors (Lipinski definition) is 1. The van der Waals surface area contributed by atoms with Gasteiger partial charge in [-0.25, -0.2) is 0 Å². The van der Waals surface area contributed by atoms with Crippen LogP contribution in [0.25, 0.3) is 0 Å². The Balaban J connectivity index is 1.67. The molecule has 4 aliphatic carbocycles. The highest BCUT2D eigenvalue weighted by Crippen LogP contribution is 2.67. The molecule has 0 heterocycles. The summed E-state index contributed by atoms with van der Waals surface area (Å²) in [6.07, 6.45) is 17.3. The maximum absolute atomic E-state index is 10.9. The molecule has 4 fully saturated rings. The molecular weight excluding hydrogens is 268 g/mol. The molecule has 4 rings (SSSR count). The monoisotopic (exact) mass is 300 g/mol. The Kier molecular flexibility index (Phi) is 3.43. The van der Waals surface area contributed by atoms with Crippen LogP contribution in [-0.2, 0) is 0 Å². The molecule has 0 radical (unpaired) electrons. The second-order valence-electron chi connectivity index (χ2n) is 9.30. The molecule has 4 aliphatic rings. The molecule has 0 amide bonds. The quantitative estimate of drug-likeness (QED) is 0.646. The van der Waals surface area contributed by atoms with Gasteiger partial charge in [-0.2, -0.15) is 0 Å². The third-order valence-corrected chi connectivity index (χ3v) is 8.91. The van der Waals surface area contributed by atoms with E-state index < -0.39 is 0 Å². The van der Waals surface area contributed by atoms with Crippen LogP contribution in [0, 0.1) is 52.8 Å². The third-order valence-electron chi connectivity index (χ3n) is 8.91. The fourth-order valence-electron chi connectivity index (χ4n) is 7.59. The maximum Gasteiger partial charge on any atom is 0.0599 e. The van der Waals surface area contributed by atoms with Gasteiger partial charge < -0.3 is 5.11 Å². The Bertz CT molecular complexity index is 491. The van der Waals surface area contributed by atoms with E-state index in [4.69, 9.17) is 6.42 Å². The number of aliphatic hydroxyl groups excluding tert-OH is 1. The van der Waals surface area contributed by atoms with Gasteiger partial charge in [0.25, 0.3) is 0 Å². The van der Waals surface area contributed by atoms with E-state index >= 15 is 0 Å². The summed E-state index contributed by atoms with van der Waals surface area (Å²) in [4.78, 5) is 0. The second-order valence-corrected chi connectivity index (χ2v) is 9.30. The van der Waals surface area contributed by atoms with Crippen molar-refractivity contribution in [1.82, 2.24) is 0 Å². The van der Waals surface area contributed by atoms with Crippen molar-refractivity contribution >= 4 is 0 Å². The molecule has 0 aromatic heterocycles. The van der Waals surface area contributed by atoms with Crippen LogP contribution in [0.1, 0.15) is 71.6 Å². The first-order chi connectivity index (χ1) is 10.5. The van der Waals surface area contributed by atoms with E-state index in [-0.39, 0.29) is 11.5 Å². The molecular formula is C21H32O. The summed E-state index contributed by atoms with van der Waals surface area (Å²) in [6.45, 7) is 4.92. The molecule has 0 aromatic rings. The largest absolute Gasteiger partial charge is 0.393 e. The number of hydrogen-bond donors (Lipinski definition) is 1. The minimum Gasteiger partial charge on any atom is -0.393 e. The Morgan fingerprint density at radius 2 is 1.77 bits per heavy atom. The molecule has 0 aliphatic heterocycles. The minimum absolute atomic E-state index is 0.0618. The van der Waals surface area contributed by atoms with Crippen LogP contribution in [0.3, 0.4) is 0 Å². The van der Waals surface area contributed by atoms with Crippen LogP contribution in [0.4, 0.5) is 0 Å². The van der Waals surface area contributed by atoms with Crippen molar-refractivity contribution in [2.45, 2.75) is 77.7 Å². The van der Waals surface area contributed by atoms with Crippen LogP contribution >= 0.6 is 0 Å². The zero-order chi connectivity index (χ0) is 15.5. The van der Waals surface area contributed by atoms with E-state index in [1.54, 1.807) is 0 Å². The highest BCUT2D eigenvalue weighted by Gasteiger charge is 2.61. The van der Waals surface area contributed by atoms with Crippen molar-refractivity contribution in [3.05, 3.63) is 0 Å². The van der Waals surface area contributed by atoms with E-state index in [2.05, 4.69) is 19.8 Å². The van der Waals surface area contributed by atoms with Crippen molar-refractivity contribution in [2.75, 3.05) is 0 Å². The van der Waals surface area contributed by atoms with Crippen molar-refractivity contribution < 1.29 is 5.11 Å². The van der Waals surface area contributed by atoms with Gasteiger partial charge in [-0.1, -0.05) is 20.3 Å². The first-order valence-corrected chi connectivity index (χ1v) is 9.66. The molecule has 22 heavy (non-hydrogen) atoms. The number of rotatable bonds is 0. The fraction of sp³-hybridized carbons (Fsp3) is 0.905. The van der Waals surface area contributed by atoms with Gasteiger partial charge in [-0.15, -0.1) is 12.3 Å². The normalized spacial score (nSPS) is 57.4. The lowest BCUT2D eigenvalue weighted by molar-refractivity contribution is -0.161. The highest BCUT2D eigenvalue weighted by molar-refractivity contribution is 5.15. The van der Waals surface area contributed by atoms with Gasteiger partial charge in [0.1, 0.15) is 0 Å². The SMILES string of the molecule is C#C[C@H]1CC[C@H]2[C@@H]3CC[C@H]4CCCC(O)[C@]4(C)[C@H]3CC[C@]12C. The first-order valence-electron chi connectivity index (χ1n) is 9.66. The summed E-state index contributed by atoms with van der Waals surface area (Å²) in [5.41, 5.74) is 0.579. The summed E-state index contributed by atoms with van der Waals surface area (Å²) in [6, 6.07) is 0. The van der Waals surface area contributed by atoms with E-state index in [0.29, 0.717) is 11.3 Å². The van der Waals surface area contributed by atoms with Crippen LogP contribution in [-0.4, -0.2) is 11.2 Å². The van der Waals surface area contributed by atoms with Crippen molar-refractivity contribution in [1.29, 1.82) is 0 Å². The highest BCUT2D eigenvalue weighted by atomic mass is 16.3. The Labute approximate surface area is 136 Å². The van der Waals surface area contributed by atoms with Gasteiger partial charge in [-0.05, 0) is 85.9 Å². The molecule has 8 atom stereocenters. The predicted octanol–water partition coefficient (Wildman–Crippen LogP) is 4.64. The van der Waals surface area contributed by atoms with Crippen molar-refractivity contribution in [2.24, 2.45) is 40.4 Å². The summed E-state index contributed by atoms with van der Waals surface area (Å²) >= 11 is 0. The third kappa shape index (κ3) is 1.77. The van der Waals surface area contributed by atoms with E-state index in [0.717, 1.165) is 30.1 Å². The Morgan fingerprint density at radius 1 is 0.955 bits per heavy atom. The van der Waals surface area contributed by atoms with Crippen LogP contribution < -0.4 is 0 Å². The number of fused-ring (bicyclic) bond motifs is 5. The van der Waals surface area contributed by atoms with E-state index in [9.17, 15) is 5.11 Å². The molecule has 1 nitrogen and oxygen atoms in total. The average molecular weight is 300 g/mol. The lowest BCUT2D eigenvalue weighted by atomic mass is 9.44. The summed E-state index contributed by atoms with van der Waals surface area (Å²) in [5.74, 6) is 6.78. The van der Waals surface area contributed by atoms with Crippen LogP contribution in [0.2, 0.25) is 0 Å². The molecule has 4 saturated carbocycles. The molecule has 1 heteroatoms. The standard InChI is InChI=1S/C21H32O/c1-4-14-9-11-17-16-10-8-15-6-5-7-19(22)21(15,3)18(16)12-13-20(14,17)2/h1,14-19,22H,5-13H2,2-3H3/t14-,15+,16-,17-,18-,19?,20+,21-/m0/s1. The summed E-state index contributed by atoms with van der Waals surface area (Å²) in [7, 11) is 0. The first kappa shape index (κ1) is 15.1. The number of aliphatic hydroxyl groups is 1. The summed E-state index contributed by atoms with van der Waals surface area (Å²) < 4.78 is 0. The molecule has 1 unspecified atom stereocenters. The predicted molar refractivity (Wildman–Crippen MR) is 90.1 cm³/mol. The Hall–Kier alpha value is -0.480. The van der Waals surface area contributed by atoms with Gasteiger partial charge in [0.15, 0.2) is 0 Å². The molecule has 0 aromatic carbocycles. The molecule has 0 bridgehead atoms. The smallest absolute Gasteiger partial charge is 0.0599 e. The van der Waals surface area contributed by atoms with Crippen LogP contribution in [0.15, 0.2) is 0 Å². The van der Waals surface area contributed by atoms with E-state index in [1.165, 1.54) is 51.4 Å². The topological polar surface area (TPSA) is 20.2 Å². The minimum atomic E-state index is -0.0618. The molecule has 1 N–H and O–H groups in total. The lowest BCUT2D eigenvalue weighted by Gasteiger charge is -2.61. The van der Waals surface area contributed by atoms with Gasteiger partial charge in [0.05, 0.1) is 6.10 Å².